The molecule has 0 fully saturated rings. The zero-order chi connectivity index (χ0) is 13.3. The van der Waals surface area contributed by atoms with Crippen molar-refractivity contribution in [3.05, 3.63) is 11.5 Å². The van der Waals surface area contributed by atoms with E-state index in [1.165, 1.54) is 10.9 Å². The van der Waals surface area contributed by atoms with Gasteiger partial charge in [0.2, 0.25) is 5.03 Å². The molecule has 5 nitrogen and oxygen atoms in total. The fourth-order valence-electron chi connectivity index (χ4n) is 1.66. The molecule has 0 unspecified atom stereocenters. The smallest absolute Gasteiger partial charge is 0.261 e. The van der Waals surface area contributed by atoms with Gasteiger partial charge in [-0.25, -0.2) is 18.1 Å². The molecule has 0 amide bonds. The Labute approximate surface area is 107 Å². The molecule has 98 valence electrons. The third kappa shape index (κ3) is 3.43. The minimum Gasteiger partial charge on any atom is -0.324 e. The van der Waals surface area contributed by atoms with Gasteiger partial charge in [-0.1, -0.05) is 24.9 Å². The Morgan fingerprint density at radius 1 is 1.53 bits per heavy atom. The summed E-state index contributed by atoms with van der Waals surface area (Å²) >= 11 is 5.88. The van der Waals surface area contributed by atoms with E-state index in [-0.39, 0.29) is 10.2 Å². The summed E-state index contributed by atoms with van der Waals surface area (Å²) < 4.78 is 28.2. The second-order valence-corrected chi connectivity index (χ2v) is 6.65. The van der Waals surface area contributed by atoms with Crippen LogP contribution in [-0.2, 0) is 17.1 Å². The lowest BCUT2D eigenvalue weighted by molar-refractivity contribution is 0.417. The first-order valence-corrected chi connectivity index (χ1v) is 7.26. The lowest BCUT2D eigenvalue weighted by Crippen LogP contribution is -2.43. The van der Waals surface area contributed by atoms with Gasteiger partial charge in [-0.05, 0) is 20.3 Å². The van der Waals surface area contributed by atoms with Crippen molar-refractivity contribution in [2.45, 2.75) is 44.2 Å². The average molecular weight is 280 g/mol. The van der Waals surface area contributed by atoms with Gasteiger partial charge >= 0.3 is 0 Å². The highest BCUT2D eigenvalue weighted by molar-refractivity contribution is 7.89. The fourth-order valence-corrected chi connectivity index (χ4v) is 3.54. The van der Waals surface area contributed by atoms with Gasteiger partial charge in [0.05, 0.1) is 6.33 Å². The number of imidazole rings is 1. The zero-order valence-electron chi connectivity index (χ0n) is 10.5. The van der Waals surface area contributed by atoms with E-state index < -0.39 is 15.6 Å². The maximum absolute atomic E-state index is 12.1. The second-order valence-electron chi connectivity index (χ2n) is 4.69. The molecule has 0 aliphatic heterocycles. The standard InChI is InChI=1S/C10H18ClN3O2S/c1-5-6-10(2,3)13-17(15,16)9-8(11)14(4)7-12-9/h7,13H,5-6H2,1-4H3. The second kappa shape index (κ2) is 4.96. The molecule has 0 aliphatic rings. The predicted octanol–water partition coefficient (Wildman–Crippen LogP) is 1.93. The summed E-state index contributed by atoms with van der Waals surface area (Å²) in [6, 6.07) is 0. The van der Waals surface area contributed by atoms with Crippen LogP contribution in [0, 0.1) is 0 Å². The number of sulfonamides is 1. The quantitative estimate of drug-likeness (QED) is 0.896. The number of halogens is 1. The van der Waals surface area contributed by atoms with Crippen molar-refractivity contribution in [3.8, 4) is 0 Å². The van der Waals surface area contributed by atoms with E-state index in [1.807, 2.05) is 20.8 Å². The minimum atomic E-state index is -3.66. The van der Waals surface area contributed by atoms with Crippen molar-refractivity contribution in [2.75, 3.05) is 0 Å². The third-order valence-corrected chi connectivity index (χ3v) is 4.56. The molecular formula is C10H18ClN3O2S. The Bertz CT molecular complexity index is 494. The summed E-state index contributed by atoms with van der Waals surface area (Å²) in [5.41, 5.74) is -0.506. The van der Waals surface area contributed by atoms with E-state index in [0.717, 1.165) is 12.8 Å². The maximum atomic E-state index is 12.1. The van der Waals surface area contributed by atoms with Crippen molar-refractivity contribution in [3.63, 3.8) is 0 Å². The molecule has 1 aromatic heterocycles. The van der Waals surface area contributed by atoms with Crippen LogP contribution in [0.3, 0.4) is 0 Å². The van der Waals surface area contributed by atoms with Crippen LogP contribution < -0.4 is 4.72 Å². The normalized spacial score (nSPS) is 13.0. The van der Waals surface area contributed by atoms with Gasteiger partial charge in [0.1, 0.15) is 5.15 Å². The van der Waals surface area contributed by atoms with Crippen LogP contribution in [0.15, 0.2) is 11.4 Å². The summed E-state index contributed by atoms with van der Waals surface area (Å²) in [4.78, 5) is 3.81. The molecule has 17 heavy (non-hydrogen) atoms. The number of rotatable bonds is 5. The zero-order valence-corrected chi connectivity index (χ0v) is 12.1. The van der Waals surface area contributed by atoms with E-state index in [4.69, 9.17) is 11.6 Å². The van der Waals surface area contributed by atoms with Crippen molar-refractivity contribution in [1.29, 1.82) is 0 Å². The predicted molar refractivity (Wildman–Crippen MR) is 67.5 cm³/mol. The van der Waals surface area contributed by atoms with Gasteiger partial charge in [0.15, 0.2) is 0 Å². The van der Waals surface area contributed by atoms with Crippen LogP contribution >= 0.6 is 11.6 Å². The first-order valence-electron chi connectivity index (χ1n) is 5.40. The van der Waals surface area contributed by atoms with Crippen molar-refractivity contribution in [1.82, 2.24) is 14.3 Å². The molecule has 0 saturated heterocycles. The number of hydrogen-bond acceptors (Lipinski definition) is 3. The summed E-state index contributed by atoms with van der Waals surface area (Å²) in [7, 11) is -2.02. The molecule has 0 atom stereocenters. The lowest BCUT2D eigenvalue weighted by Gasteiger charge is -2.24. The molecule has 0 aromatic carbocycles. The Kier molecular flexibility index (Phi) is 4.22. The first kappa shape index (κ1) is 14.5. The third-order valence-electron chi connectivity index (χ3n) is 2.37. The van der Waals surface area contributed by atoms with Crippen LogP contribution in [0.2, 0.25) is 5.15 Å². The van der Waals surface area contributed by atoms with Gasteiger partial charge in [-0.2, -0.15) is 0 Å². The molecule has 1 N–H and O–H groups in total. The van der Waals surface area contributed by atoms with Crippen LogP contribution in [-0.4, -0.2) is 23.5 Å². The van der Waals surface area contributed by atoms with E-state index in [0.29, 0.717) is 0 Å². The fraction of sp³-hybridized carbons (Fsp3) is 0.700. The Morgan fingerprint density at radius 3 is 2.53 bits per heavy atom. The van der Waals surface area contributed by atoms with E-state index in [2.05, 4.69) is 9.71 Å². The summed E-state index contributed by atoms with van der Waals surface area (Å²) in [6.45, 7) is 5.68. The lowest BCUT2D eigenvalue weighted by atomic mass is 10.0. The monoisotopic (exact) mass is 279 g/mol. The summed E-state index contributed by atoms with van der Waals surface area (Å²) in [5.74, 6) is 0. The number of aromatic nitrogens is 2. The van der Waals surface area contributed by atoms with Crippen LogP contribution in [0.1, 0.15) is 33.6 Å². The average Bonchev–Trinajstić information content (AvgIpc) is 2.45. The Morgan fingerprint density at radius 2 is 2.12 bits per heavy atom. The van der Waals surface area contributed by atoms with E-state index in [9.17, 15) is 8.42 Å². The molecule has 0 bridgehead atoms. The molecule has 0 aliphatic carbocycles. The highest BCUT2D eigenvalue weighted by atomic mass is 35.5. The van der Waals surface area contributed by atoms with Gasteiger partial charge in [-0.3, -0.25) is 0 Å². The number of nitrogens with zero attached hydrogens (tertiary/aromatic N) is 2. The largest absolute Gasteiger partial charge is 0.324 e. The van der Waals surface area contributed by atoms with Crippen molar-refractivity contribution >= 4 is 21.6 Å². The number of nitrogens with one attached hydrogen (secondary N) is 1. The Hall–Kier alpha value is -0.590. The van der Waals surface area contributed by atoms with Gasteiger partial charge in [-0.15, -0.1) is 0 Å². The molecule has 0 spiro atoms. The van der Waals surface area contributed by atoms with Crippen LogP contribution in [0.4, 0.5) is 0 Å². The van der Waals surface area contributed by atoms with Crippen LogP contribution in [0.5, 0.6) is 0 Å². The minimum absolute atomic E-state index is 0.116. The molecule has 7 heteroatoms. The summed E-state index contributed by atoms with van der Waals surface area (Å²) in [6.07, 6.45) is 3.02. The summed E-state index contributed by atoms with van der Waals surface area (Å²) in [5, 5.41) is -0.00403. The van der Waals surface area contributed by atoms with Crippen molar-refractivity contribution < 1.29 is 8.42 Å². The molecule has 0 saturated carbocycles. The maximum Gasteiger partial charge on any atom is 0.261 e. The topological polar surface area (TPSA) is 64.0 Å². The molecule has 1 rings (SSSR count). The van der Waals surface area contributed by atoms with E-state index >= 15 is 0 Å². The molecule has 0 radical (unpaired) electrons. The SMILES string of the molecule is CCCC(C)(C)NS(=O)(=O)c1ncn(C)c1Cl. The first-order chi connectivity index (χ1) is 7.69. The Balaban J connectivity index is 3.01. The van der Waals surface area contributed by atoms with Gasteiger partial charge < -0.3 is 4.57 Å². The molecule has 1 heterocycles. The van der Waals surface area contributed by atoms with Crippen LogP contribution in [0.25, 0.3) is 0 Å². The highest BCUT2D eigenvalue weighted by Gasteiger charge is 2.29. The molecular weight excluding hydrogens is 262 g/mol. The van der Waals surface area contributed by atoms with E-state index in [1.54, 1.807) is 7.05 Å². The van der Waals surface area contributed by atoms with Gasteiger partial charge in [0, 0.05) is 12.6 Å². The van der Waals surface area contributed by atoms with Crippen molar-refractivity contribution in [2.24, 2.45) is 7.05 Å². The highest BCUT2D eigenvalue weighted by Crippen LogP contribution is 2.21. The number of hydrogen-bond donors (Lipinski definition) is 1. The molecule has 1 aromatic rings. The van der Waals surface area contributed by atoms with Gasteiger partial charge in [0.25, 0.3) is 10.0 Å². The number of aryl methyl sites for hydroxylation is 1.